The number of nitrogen functional groups attached to an aromatic ring is 1. The molecule has 0 bridgehead atoms. The lowest BCUT2D eigenvalue weighted by Gasteiger charge is -2.31. The van der Waals surface area contributed by atoms with Crippen LogP contribution in [0.3, 0.4) is 0 Å². The molecule has 3 N–H and O–H groups in total. The molecule has 1 aromatic rings. The van der Waals surface area contributed by atoms with Crippen LogP contribution < -0.4 is 5.73 Å². The lowest BCUT2D eigenvalue weighted by Crippen LogP contribution is -2.48. The van der Waals surface area contributed by atoms with Crippen molar-refractivity contribution in [2.75, 3.05) is 25.4 Å². The molecule has 1 aromatic carbocycles. The molecule has 0 radical (unpaired) electrons. The van der Waals surface area contributed by atoms with Crippen molar-refractivity contribution in [2.24, 2.45) is 0 Å². The fourth-order valence-corrected chi connectivity index (χ4v) is 1.96. The minimum Gasteiger partial charge on any atom is -0.479 e. The molecule has 19 heavy (non-hydrogen) atoms. The Bertz CT molecular complexity index is 520. The highest BCUT2D eigenvalue weighted by atomic mass is 35.5. The molecule has 1 saturated heterocycles. The molecule has 1 atom stereocenters. The fourth-order valence-electron chi connectivity index (χ4n) is 1.84. The van der Waals surface area contributed by atoms with Crippen molar-refractivity contribution in [1.29, 1.82) is 0 Å². The third-order valence-electron chi connectivity index (χ3n) is 2.87. The van der Waals surface area contributed by atoms with Crippen molar-refractivity contribution in [3.8, 4) is 0 Å². The Kier molecular flexibility index (Phi) is 3.92. The molecule has 1 heterocycles. The number of hydrogen-bond donors (Lipinski definition) is 2. The first-order valence-electron chi connectivity index (χ1n) is 5.67. The van der Waals surface area contributed by atoms with Crippen LogP contribution in [0.15, 0.2) is 18.2 Å². The van der Waals surface area contributed by atoms with Gasteiger partial charge in [0.2, 0.25) is 0 Å². The highest BCUT2D eigenvalue weighted by Gasteiger charge is 2.29. The van der Waals surface area contributed by atoms with Gasteiger partial charge >= 0.3 is 5.97 Å². The van der Waals surface area contributed by atoms with Gasteiger partial charge in [0.25, 0.3) is 5.91 Å². The van der Waals surface area contributed by atoms with Gasteiger partial charge in [-0.25, -0.2) is 4.79 Å². The van der Waals surface area contributed by atoms with Crippen LogP contribution in [-0.2, 0) is 9.53 Å². The van der Waals surface area contributed by atoms with Gasteiger partial charge in [0.15, 0.2) is 6.10 Å². The van der Waals surface area contributed by atoms with Gasteiger partial charge in [0.05, 0.1) is 23.9 Å². The number of nitrogens with zero attached hydrogens (tertiary/aromatic N) is 1. The number of aliphatic carboxylic acids is 1. The molecule has 1 unspecified atom stereocenters. The summed E-state index contributed by atoms with van der Waals surface area (Å²) < 4.78 is 5.06. The van der Waals surface area contributed by atoms with E-state index in [1.807, 2.05) is 0 Å². The molecule has 2 rings (SSSR count). The van der Waals surface area contributed by atoms with Gasteiger partial charge in [-0.2, -0.15) is 0 Å². The highest BCUT2D eigenvalue weighted by molar-refractivity contribution is 6.33. The monoisotopic (exact) mass is 284 g/mol. The number of ether oxygens (including phenoxy) is 1. The summed E-state index contributed by atoms with van der Waals surface area (Å²) >= 11 is 5.79. The highest BCUT2D eigenvalue weighted by Crippen LogP contribution is 2.21. The van der Waals surface area contributed by atoms with Gasteiger partial charge in [-0.1, -0.05) is 11.6 Å². The molecule has 1 aliphatic heterocycles. The maximum absolute atomic E-state index is 12.2. The molecule has 0 aliphatic carbocycles. The largest absolute Gasteiger partial charge is 0.479 e. The number of benzene rings is 1. The van der Waals surface area contributed by atoms with E-state index in [0.717, 1.165) is 0 Å². The Morgan fingerprint density at radius 3 is 2.84 bits per heavy atom. The Hall–Kier alpha value is -1.79. The summed E-state index contributed by atoms with van der Waals surface area (Å²) in [5, 5.41) is 9.27. The molecule has 0 spiro atoms. The molecule has 1 aliphatic rings. The molecule has 0 saturated carbocycles. The van der Waals surface area contributed by atoms with Crippen LogP contribution in [0.4, 0.5) is 5.69 Å². The lowest BCUT2D eigenvalue weighted by molar-refractivity contribution is -0.154. The number of nitrogens with two attached hydrogens (primary N) is 1. The number of carboxylic acid groups (broad SMARTS) is 1. The van der Waals surface area contributed by atoms with E-state index in [1.54, 1.807) is 12.1 Å². The summed E-state index contributed by atoms with van der Waals surface area (Å²) in [5.74, 6) is -1.36. The van der Waals surface area contributed by atoms with Crippen LogP contribution >= 0.6 is 11.6 Å². The van der Waals surface area contributed by atoms with Crippen molar-refractivity contribution < 1.29 is 19.4 Å². The van der Waals surface area contributed by atoms with E-state index in [0.29, 0.717) is 22.8 Å². The van der Waals surface area contributed by atoms with Crippen LogP contribution in [0.1, 0.15) is 10.4 Å². The molecule has 1 fully saturated rings. The molecule has 7 heteroatoms. The van der Waals surface area contributed by atoms with Crippen LogP contribution in [0.2, 0.25) is 5.02 Å². The Morgan fingerprint density at radius 1 is 1.47 bits per heavy atom. The third kappa shape index (κ3) is 2.97. The summed E-state index contributed by atoms with van der Waals surface area (Å²) in [6, 6.07) is 4.58. The normalized spacial score (nSPS) is 19.2. The first-order valence-corrected chi connectivity index (χ1v) is 6.05. The van der Waals surface area contributed by atoms with Crippen molar-refractivity contribution in [3.05, 3.63) is 28.8 Å². The number of anilines is 1. The van der Waals surface area contributed by atoms with Gasteiger partial charge < -0.3 is 20.5 Å². The summed E-state index contributed by atoms with van der Waals surface area (Å²) in [7, 11) is 0. The number of amides is 1. The Morgan fingerprint density at radius 2 is 2.21 bits per heavy atom. The second-order valence-corrected chi connectivity index (χ2v) is 4.59. The number of morpholine rings is 1. The minimum atomic E-state index is -1.08. The van der Waals surface area contributed by atoms with Crippen molar-refractivity contribution in [2.45, 2.75) is 6.10 Å². The Balaban J connectivity index is 2.14. The topological polar surface area (TPSA) is 92.9 Å². The first kappa shape index (κ1) is 13.6. The second kappa shape index (κ2) is 5.46. The molecule has 102 valence electrons. The summed E-state index contributed by atoms with van der Waals surface area (Å²) in [6.45, 7) is 0.577. The van der Waals surface area contributed by atoms with Gasteiger partial charge in [0.1, 0.15) is 0 Å². The van der Waals surface area contributed by atoms with E-state index < -0.39 is 12.1 Å². The quantitative estimate of drug-likeness (QED) is 0.785. The molecular weight excluding hydrogens is 272 g/mol. The van der Waals surface area contributed by atoms with E-state index in [9.17, 15) is 9.59 Å². The smallest absolute Gasteiger partial charge is 0.334 e. The maximum Gasteiger partial charge on any atom is 0.334 e. The lowest BCUT2D eigenvalue weighted by atomic mass is 10.1. The summed E-state index contributed by atoms with van der Waals surface area (Å²) in [6.07, 6.45) is -0.984. The van der Waals surface area contributed by atoms with E-state index in [2.05, 4.69) is 0 Å². The van der Waals surface area contributed by atoms with Gasteiger partial charge in [-0.15, -0.1) is 0 Å². The van der Waals surface area contributed by atoms with Gasteiger partial charge in [0, 0.05) is 12.1 Å². The number of halogens is 1. The average Bonchev–Trinajstić information content (AvgIpc) is 2.41. The number of carboxylic acids is 1. The van der Waals surface area contributed by atoms with Crippen molar-refractivity contribution in [3.63, 3.8) is 0 Å². The van der Waals surface area contributed by atoms with Crippen LogP contribution in [0.5, 0.6) is 0 Å². The van der Waals surface area contributed by atoms with E-state index in [4.69, 9.17) is 27.2 Å². The molecule has 0 aromatic heterocycles. The molecule has 6 nitrogen and oxygen atoms in total. The van der Waals surface area contributed by atoms with E-state index in [1.165, 1.54) is 11.0 Å². The number of hydrogen-bond acceptors (Lipinski definition) is 4. The number of rotatable bonds is 2. The number of carbonyl (C=O) groups excluding carboxylic acids is 1. The zero-order valence-electron chi connectivity index (χ0n) is 10.0. The van der Waals surface area contributed by atoms with Crippen LogP contribution in [0, 0.1) is 0 Å². The average molecular weight is 285 g/mol. The fraction of sp³-hybridized carbons (Fsp3) is 0.333. The summed E-state index contributed by atoms with van der Waals surface area (Å²) in [4.78, 5) is 24.5. The minimum absolute atomic E-state index is 0.0245. The van der Waals surface area contributed by atoms with Crippen LogP contribution in [-0.4, -0.2) is 47.7 Å². The first-order chi connectivity index (χ1) is 8.99. The Labute approximate surface area is 114 Å². The maximum atomic E-state index is 12.2. The SMILES string of the molecule is Nc1cc(C(=O)N2CCOC(C(=O)O)C2)ccc1Cl. The molecule has 1 amide bonds. The zero-order chi connectivity index (χ0) is 14.0. The van der Waals surface area contributed by atoms with E-state index >= 15 is 0 Å². The zero-order valence-corrected chi connectivity index (χ0v) is 10.8. The second-order valence-electron chi connectivity index (χ2n) is 4.19. The number of carbonyl (C=O) groups is 2. The third-order valence-corrected chi connectivity index (χ3v) is 3.22. The van der Waals surface area contributed by atoms with E-state index in [-0.39, 0.29) is 19.1 Å². The standard InChI is InChI=1S/C12H13ClN2O4/c13-8-2-1-7(5-9(8)14)11(16)15-3-4-19-10(6-15)12(17)18/h1-2,5,10H,3-4,6,14H2,(H,17,18). The van der Waals surface area contributed by atoms with Crippen LogP contribution in [0.25, 0.3) is 0 Å². The summed E-state index contributed by atoms with van der Waals surface area (Å²) in [5.41, 5.74) is 6.34. The van der Waals surface area contributed by atoms with Crippen molar-refractivity contribution in [1.82, 2.24) is 4.90 Å². The van der Waals surface area contributed by atoms with Gasteiger partial charge in [-0.3, -0.25) is 4.79 Å². The predicted molar refractivity (Wildman–Crippen MR) is 69.1 cm³/mol. The molecular formula is C12H13ClN2O4. The van der Waals surface area contributed by atoms with Gasteiger partial charge in [-0.05, 0) is 18.2 Å². The predicted octanol–water partition coefficient (Wildman–Crippen LogP) is 0.848. The van der Waals surface area contributed by atoms with Crippen molar-refractivity contribution >= 4 is 29.2 Å².